The smallest absolute Gasteiger partial charge is 0.0554 e. The van der Waals surface area contributed by atoms with Gasteiger partial charge in [0.15, 0.2) is 0 Å². The monoisotopic (exact) mass is 353 g/mol. The Hall–Kier alpha value is -1.54. The van der Waals surface area contributed by atoms with Crippen LogP contribution in [0.25, 0.3) is 0 Å². The quantitative estimate of drug-likeness (QED) is 0.668. The van der Waals surface area contributed by atoms with E-state index in [9.17, 15) is 0 Å². The summed E-state index contributed by atoms with van der Waals surface area (Å²) in [5.41, 5.74) is 5.65. The third-order valence-electron chi connectivity index (χ3n) is 5.07. The molecule has 0 bridgehead atoms. The van der Waals surface area contributed by atoms with Crippen LogP contribution in [0.3, 0.4) is 0 Å². The summed E-state index contributed by atoms with van der Waals surface area (Å²) >= 11 is 3.62. The van der Waals surface area contributed by atoms with Gasteiger partial charge in [-0.15, -0.1) is 0 Å². The Kier molecular flexibility index (Phi) is 3.57. The van der Waals surface area contributed by atoms with Gasteiger partial charge < -0.3 is 5.32 Å². The average Bonchev–Trinajstić information content (AvgIpc) is 3.03. The van der Waals surface area contributed by atoms with Crippen molar-refractivity contribution in [1.82, 2.24) is 0 Å². The zero-order chi connectivity index (χ0) is 15.1. The first-order valence-electron chi connectivity index (χ1n) is 8.08. The Bertz CT molecular complexity index is 734. The van der Waals surface area contributed by atoms with Crippen molar-refractivity contribution in [3.63, 3.8) is 0 Å². The van der Waals surface area contributed by atoms with Gasteiger partial charge in [0.25, 0.3) is 0 Å². The maximum absolute atomic E-state index is 3.87. The number of benzene rings is 2. The lowest BCUT2D eigenvalue weighted by molar-refractivity contribution is 0.425. The van der Waals surface area contributed by atoms with Crippen LogP contribution in [0.15, 0.2) is 59.1 Å². The Morgan fingerprint density at radius 3 is 2.86 bits per heavy atom. The first-order chi connectivity index (χ1) is 10.8. The molecular formula is C20H20BrN. The van der Waals surface area contributed by atoms with E-state index < -0.39 is 0 Å². The lowest BCUT2D eigenvalue weighted by Crippen LogP contribution is -2.29. The van der Waals surface area contributed by atoms with E-state index in [0.717, 1.165) is 17.3 Å². The van der Waals surface area contributed by atoms with Gasteiger partial charge in [0.2, 0.25) is 0 Å². The molecule has 1 aliphatic heterocycles. The van der Waals surface area contributed by atoms with Crippen LogP contribution in [0, 0.1) is 5.92 Å². The van der Waals surface area contributed by atoms with Crippen LogP contribution in [0.5, 0.6) is 0 Å². The normalized spacial score (nSPS) is 25.5. The molecule has 2 heteroatoms. The molecule has 3 atom stereocenters. The molecule has 2 aliphatic rings. The summed E-state index contributed by atoms with van der Waals surface area (Å²) in [5, 5.41) is 3.87. The molecule has 0 radical (unpaired) electrons. The van der Waals surface area contributed by atoms with Gasteiger partial charge in [0, 0.05) is 16.1 Å². The number of aryl methyl sites for hydroxylation is 1. The van der Waals surface area contributed by atoms with Crippen LogP contribution in [0.1, 0.15) is 42.0 Å². The number of anilines is 1. The maximum Gasteiger partial charge on any atom is 0.0554 e. The molecule has 22 heavy (non-hydrogen) atoms. The van der Waals surface area contributed by atoms with Crippen molar-refractivity contribution in [3.8, 4) is 0 Å². The van der Waals surface area contributed by atoms with Gasteiger partial charge in [-0.3, -0.25) is 0 Å². The van der Waals surface area contributed by atoms with Crippen LogP contribution in [-0.2, 0) is 6.42 Å². The van der Waals surface area contributed by atoms with Gasteiger partial charge in [0.05, 0.1) is 6.04 Å². The summed E-state index contributed by atoms with van der Waals surface area (Å²) in [4.78, 5) is 0. The molecule has 1 aliphatic carbocycles. The SMILES string of the molecule is CCc1cccc2c1N[C@H](c1cccc(Br)c1)[C@H]1CC=C[C@H]21. The van der Waals surface area contributed by atoms with Crippen molar-refractivity contribution >= 4 is 21.6 Å². The van der Waals surface area contributed by atoms with Crippen LogP contribution < -0.4 is 5.32 Å². The fraction of sp³-hybridized carbons (Fsp3) is 0.300. The number of nitrogens with one attached hydrogen (secondary N) is 1. The van der Waals surface area contributed by atoms with E-state index in [1.54, 1.807) is 0 Å². The van der Waals surface area contributed by atoms with Gasteiger partial charge in [-0.25, -0.2) is 0 Å². The van der Waals surface area contributed by atoms with E-state index in [1.807, 2.05) is 0 Å². The predicted octanol–water partition coefficient (Wildman–Crippen LogP) is 5.84. The molecule has 0 fully saturated rings. The molecular weight excluding hydrogens is 334 g/mol. The number of hydrogen-bond acceptors (Lipinski definition) is 1. The third-order valence-corrected chi connectivity index (χ3v) is 5.56. The number of halogens is 1. The van der Waals surface area contributed by atoms with E-state index in [0.29, 0.717) is 17.9 Å². The molecule has 0 aromatic heterocycles. The first-order valence-corrected chi connectivity index (χ1v) is 8.87. The molecule has 0 spiro atoms. The summed E-state index contributed by atoms with van der Waals surface area (Å²) in [6, 6.07) is 15.9. The largest absolute Gasteiger partial charge is 0.377 e. The lowest BCUT2D eigenvalue weighted by atomic mass is 9.76. The number of allylic oxidation sites excluding steroid dienone is 2. The Balaban J connectivity index is 1.83. The van der Waals surface area contributed by atoms with Crippen LogP contribution in [0.4, 0.5) is 5.69 Å². The van der Waals surface area contributed by atoms with Crippen LogP contribution >= 0.6 is 15.9 Å². The highest BCUT2D eigenvalue weighted by atomic mass is 79.9. The second-order valence-corrected chi connectivity index (χ2v) is 7.18. The minimum absolute atomic E-state index is 0.387. The standard InChI is InChI=1S/C20H20BrN/c1-2-13-6-4-10-17-16-9-5-11-18(16)20(22-19(13)17)14-7-3-8-15(21)12-14/h3-10,12,16,18,20,22H,2,11H2,1H3/t16-,18+,20-/m1/s1. The first kappa shape index (κ1) is 14.1. The second kappa shape index (κ2) is 5.58. The molecule has 0 saturated carbocycles. The molecule has 0 saturated heterocycles. The number of fused-ring (bicyclic) bond motifs is 3. The molecule has 0 unspecified atom stereocenters. The van der Waals surface area contributed by atoms with E-state index in [4.69, 9.17) is 0 Å². The van der Waals surface area contributed by atoms with Crippen molar-refractivity contribution in [2.75, 3.05) is 5.32 Å². The molecule has 0 amide bonds. The number of para-hydroxylation sites is 1. The summed E-state index contributed by atoms with van der Waals surface area (Å²) in [5.74, 6) is 1.17. The van der Waals surface area contributed by atoms with Gasteiger partial charge in [0.1, 0.15) is 0 Å². The van der Waals surface area contributed by atoms with Crippen LogP contribution in [0.2, 0.25) is 0 Å². The van der Waals surface area contributed by atoms with Gasteiger partial charge in [-0.1, -0.05) is 65.3 Å². The van der Waals surface area contributed by atoms with Crippen molar-refractivity contribution in [3.05, 3.63) is 75.8 Å². The minimum Gasteiger partial charge on any atom is -0.377 e. The highest BCUT2D eigenvalue weighted by Crippen LogP contribution is 2.50. The van der Waals surface area contributed by atoms with E-state index in [-0.39, 0.29) is 0 Å². The van der Waals surface area contributed by atoms with Crippen LogP contribution in [-0.4, -0.2) is 0 Å². The lowest BCUT2D eigenvalue weighted by Gasteiger charge is -2.38. The Morgan fingerprint density at radius 1 is 1.18 bits per heavy atom. The molecule has 2 aromatic rings. The Morgan fingerprint density at radius 2 is 2.05 bits per heavy atom. The fourth-order valence-electron chi connectivity index (χ4n) is 4.01. The van der Waals surface area contributed by atoms with Crippen molar-refractivity contribution in [2.45, 2.75) is 31.7 Å². The summed E-state index contributed by atoms with van der Waals surface area (Å²) in [6.45, 7) is 2.24. The minimum atomic E-state index is 0.387. The van der Waals surface area contributed by atoms with Gasteiger partial charge in [-0.05, 0) is 47.6 Å². The fourth-order valence-corrected chi connectivity index (χ4v) is 4.43. The zero-order valence-electron chi connectivity index (χ0n) is 12.7. The molecule has 4 rings (SSSR count). The van der Waals surface area contributed by atoms with E-state index in [1.165, 1.54) is 22.4 Å². The molecule has 2 aromatic carbocycles. The topological polar surface area (TPSA) is 12.0 Å². The predicted molar refractivity (Wildman–Crippen MR) is 96.3 cm³/mol. The van der Waals surface area contributed by atoms with Crippen molar-refractivity contribution < 1.29 is 0 Å². The molecule has 112 valence electrons. The second-order valence-electron chi connectivity index (χ2n) is 6.27. The number of hydrogen-bond donors (Lipinski definition) is 1. The highest BCUT2D eigenvalue weighted by molar-refractivity contribution is 9.10. The van der Waals surface area contributed by atoms with Gasteiger partial charge >= 0.3 is 0 Å². The van der Waals surface area contributed by atoms with E-state index >= 15 is 0 Å². The molecule has 1 nitrogen and oxygen atoms in total. The Labute approximate surface area is 140 Å². The highest BCUT2D eigenvalue weighted by Gasteiger charge is 2.38. The third kappa shape index (κ3) is 2.21. The molecule has 1 N–H and O–H groups in total. The van der Waals surface area contributed by atoms with Gasteiger partial charge in [-0.2, -0.15) is 0 Å². The molecule has 1 heterocycles. The summed E-state index contributed by atoms with van der Waals surface area (Å²) in [6.07, 6.45) is 7.00. The number of rotatable bonds is 2. The summed E-state index contributed by atoms with van der Waals surface area (Å²) in [7, 11) is 0. The van der Waals surface area contributed by atoms with E-state index in [2.05, 4.69) is 82.8 Å². The van der Waals surface area contributed by atoms with Crippen molar-refractivity contribution in [1.29, 1.82) is 0 Å². The summed E-state index contributed by atoms with van der Waals surface area (Å²) < 4.78 is 1.16. The zero-order valence-corrected chi connectivity index (χ0v) is 14.3. The van der Waals surface area contributed by atoms with Crippen molar-refractivity contribution in [2.24, 2.45) is 5.92 Å². The average molecular weight is 354 g/mol. The maximum atomic E-state index is 3.87.